The van der Waals surface area contributed by atoms with Crippen molar-refractivity contribution in [1.82, 2.24) is 10.2 Å². The molecule has 1 heterocycles. The Labute approximate surface area is 109 Å². The van der Waals surface area contributed by atoms with Crippen molar-refractivity contribution in [3.63, 3.8) is 0 Å². The highest BCUT2D eigenvalue weighted by molar-refractivity contribution is 5.20. The Kier molecular flexibility index (Phi) is 4.74. The quantitative estimate of drug-likeness (QED) is 0.882. The topological polar surface area (TPSA) is 39.1 Å². The van der Waals surface area contributed by atoms with Gasteiger partial charge in [0.05, 0.1) is 12.5 Å². The van der Waals surface area contributed by atoms with E-state index in [1.165, 1.54) is 18.4 Å². The molecule has 1 aromatic carbocycles. The Morgan fingerprint density at radius 3 is 2.83 bits per heavy atom. The van der Waals surface area contributed by atoms with Crippen molar-refractivity contribution in [3.05, 3.63) is 35.9 Å². The van der Waals surface area contributed by atoms with E-state index in [2.05, 4.69) is 35.5 Å². The number of piperidine rings is 1. The minimum Gasteiger partial charge on any atom is -0.315 e. The van der Waals surface area contributed by atoms with E-state index < -0.39 is 0 Å². The molecule has 0 amide bonds. The maximum atomic E-state index is 9.05. The van der Waals surface area contributed by atoms with Crippen LogP contribution in [-0.4, -0.2) is 31.1 Å². The molecule has 0 aromatic heterocycles. The maximum absolute atomic E-state index is 9.05. The lowest BCUT2D eigenvalue weighted by atomic mass is 9.98. The van der Waals surface area contributed by atoms with Gasteiger partial charge in [-0.1, -0.05) is 30.3 Å². The Bertz CT molecular complexity index is 390. The molecule has 96 valence electrons. The van der Waals surface area contributed by atoms with Gasteiger partial charge in [0.1, 0.15) is 0 Å². The van der Waals surface area contributed by atoms with E-state index in [-0.39, 0.29) is 6.04 Å². The lowest BCUT2D eigenvalue weighted by Crippen LogP contribution is -2.45. The molecule has 0 radical (unpaired) electrons. The molecule has 3 heteroatoms. The summed E-state index contributed by atoms with van der Waals surface area (Å²) >= 11 is 0. The lowest BCUT2D eigenvalue weighted by Gasteiger charge is -2.36. The number of rotatable bonds is 4. The first-order valence-electron chi connectivity index (χ1n) is 6.67. The Hall–Kier alpha value is -1.37. The minimum absolute atomic E-state index is 0.209. The third-order valence-electron chi connectivity index (χ3n) is 3.81. The average molecular weight is 243 g/mol. The highest BCUT2D eigenvalue weighted by atomic mass is 15.2. The zero-order chi connectivity index (χ0) is 12.8. The van der Waals surface area contributed by atoms with Crippen molar-refractivity contribution < 1.29 is 0 Å². The van der Waals surface area contributed by atoms with Gasteiger partial charge in [0.15, 0.2) is 0 Å². The second kappa shape index (κ2) is 6.53. The summed E-state index contributed by atoms with van der Waals surface area (Å²) in [5.74, 6) is 0. The first kappa shape index (κ1) is 13.1. The van der Waals surface area contributed by atoms with E-state index in [0.717, 1.165) is 13.1 Å². The number of likely N-dealkylation sites (N-methyl/N-ethyl adjacent to an activating group) is 1. The van der Waals surface area contributed by atoms with Gasteiger partial charge in [0.25, 0.3) is 0 Å². The molecule has 1 aliphatic rings. The summed E-state index contributed by atoms with van der Waals surface area (Å²) in [6.07, 6.45) is 3.00. The van der Waals surface area contributed by atoms with Crippen molar-refractivity contribution in [2.75, 3.05) is 20.1 Å². The molecule has 1 aromatic rings. The normalized spacial score (nSPS) is 21.5. The van der Waals surface area contributed by atoms with E-state index in [1.54, 1.807) is 0 Å². The third-order valence-corrected chi connectivity index (χ3v) is 3.81. The average Bonchev–Trinajstić information content (AvgIpc) is 2.46. The number of hydrogen-bond acceptors (Lipinski definition) is 3. The van der Waals surface area contributed by atoms with Crippen LogP contribution in [0.5, 0.6) is 0 Å². The highest BCUT2D eigenvalue weighted by Crippen LogP contribution is 2.26. The molecule has 1 N–H and O–H groups in total. The summed E-state index contributed by atoms with van der Waals surface area (Å²) in [6.45, 7) is 2.16. The molecule has 1 aliphatic heterocycles. The van der Waals surface area contributed by atoms with E-state index in [0.29, 0.717) is 12.5 Å². The van der Waals surface area contributed by atoms with E-state index in [4.69, 9.17) is 5.26 Å². The predicted octanol–water partition coefficient (Wildman–Crippen LogP) is 2.33. The summed E-state index contributed by atoms with van der Waals surface area (Å²) in [4.78, 5) is 2.37. The van der Waals surface area contributed by atoms with Crippen LogP contribution in [0.2, 0.25) is 0 Å². The second-order valence-corrected chi connectivity index (χ2v) is 4.95. The van der Waals surface area contributed by atoms with Gasteiger partial charge >= 0.3 is 0 Å². The van der Waals surface area contributed by atoms with Gasteiger partial charge in [-0.2, -0.15) is 5.26 Å². The fourth-order valence-electron chi connectivity index (χ4n) is 2.69. The molecule has 0 bridgehead atoms. The van der Waals surface area contributed by atoms with Crippen LogP contribution >= 0.6 is 0 Å². The van der Waals surface area contributed by atoms with E-state index in [1.807, 2.05) is 18.2 Å². The van der Waals surface area contributed by atoms with Crippen LogP contribution in [-0.2, 0) is 0 Å². The Morgan fingerprint density at radius 2 is 2.22 bits per heavy atom. The van der Waals surface area contributed by atoms with Gasteiger partial charge in [-0.15, -0.1) is 0 Å². The first-order valence-corrected chi connectivity index (χ1v) is 6.67. The minimum atomic E-state index is 0.209. The fourth-order valence-corrected chi connectivity index (χ4v) is 2.69. The summed E-state index contributed by atoms with van der Waals surface area (Å²) < 4.78 is 0. The number of nitriles is 1. The zero-order valence-electron chi connectivity index (χ0n) is 11.0. The first-order chi connectivity index (χ1) is 8.83. The largest absolute Gasteiger partial charge is 0.315 e. The van der Waals surface area contributed by atoms with Crippen molar-refractivity contribution >= 4 is 0 Å². The van der Waals surface area contributed by atoms with Crippen molar-refractivity contribution in [3.8, 4) is 6.07 Å². The standard InChI is InChI=1S/C15H21N3/c1-18(14-8-5-11-17-12-14)15(9-10-16)13-6-3-2-4-7-13/h2-4,6-7,14-15,17H,5,8-9,11-12H2,1H3. The molecule has 0 aliphatic carbocycles. The van der Waals surface area contributed by atoms with E-state index in [9.17, 15) is 0 Å². The van der Waals surface area contributed by atoms with Gasteiger partial charge in [-0.3, -0.25) is 4.90 Å². The molecule has 18 heavy (non-hydrogen) atoms. The van der Waals surface area contributed by atoms with Crippen LogP contribution in [0.25, 0.3) is 0 Å². The van der Waals surface area contributed by atoms with Crippen molar-refractivity contribution in [2.45, 2.75) is 31.3 Å². The SMILES string of the molecule is CN(C1CCCNC1)C(CC#N)c1ccccc1. The van der Waals surface area contributed by atoms with Crippen molar-refractivity contribution in [1.29, 1.82) is 5.26 Å². The molecule has 1 fully saturated rings. The zero-order valence-corrected chi connectivity index (χ0v) is 11.0. The van der Waals surface area contributed by atoms with E-state index >= 15 is 0 Å². The smallest absolute Gasteiger partial charge is 0.0641 e. The molecule has 1 saturated heterocycles. The summed E-state index contributed by atoms with van der Waals surface area (Å²) in [7, 11) is 2.15. The van der Waals surface area contributed by atoms with Gasteiger partial charge in [0, 0.05) is 18.6 Å². The molecule has 2 rings (SSSR count). The molecule has 3 nitrogen and oxygen atoms in total. The van der Waals surface area contributed by atoms with Crippen LogP contribution in [0.4, 0.5) is 0 Å². The van der Waals surface area contributed by atoms with Crippen LogP contribution in [0.1, 0.15) is 30.9 Å². The Balaban J connectivity index is 2.12. The van der Waals surface area contributed by atoms with Gasteiger partial charge in [-0.25, -0.2) is 0 Å². The second-order valence-electron chi connectivity index (χ2n) is 4.95. The number of benzene rings is 1. The molecule has 2 atom stereocenters. The number of nitrogens with one attached hydrogen (secondary N) is 1. The molecular formula is C15H21N3. The summed E-state index contributed by atoms with van der Waals surface area (Å²) in [5.41, 5.74) is 1.24. The molecular weight excluding hydrogens is 222 g/mol. The molecule has 0 saturated carbocycles. The Morgan fingerprint density at radius 1 is 1.44 bits per heavy atom. The van der Waals surface area contributed by atoms with Crippen LogP contribution in [0.15, 0.2) is 30.3 Å². The summed E-state index contributed by atoms with van der Waals surface area (Å²) in [6, 6.07) is 13.4. The van der Waals surface area contributed by atoms with Crippen LogP contribution < -0.4 is 5.32 Å². The number of nitrogens with zero attached hydrogens (tertiary/aromatic N) is 2. The molecule has 2 unspecified atom stereocenters. The number of hydrogen-bond donors (Lipinski definition) is 1. The monoisotopic (exact) mass is 243 g/mol. The van der Waals surface area contributed by atoms with Crippen molar-refractivity contribution in [2.24, 2.45) is 0 Å². The van der Waals surface area contributed by atoms with Crippen LogP contribution in [0.3, 0.4) is 0 Å². The highest BCUT2D eigenvalue weighted by Gasteiger charge is 2.25. The predicted molar refractivity (Wildman–Crippen MR) is 73.1 cm³/mol. The van der Waals surface area contributed by atoms with Gasteiger partial charge < -0.3 is 5.32 Å². The molecule has 0 spiro atoms. The van der Waals surface area contributed by atoms with Gasteiger partial charge in [-0.05, 0) is 32.0 Å². The lowest BCUT2D eigenvalue weighted by molar-refractivity contribution is 0.148. The maximum Gasteiger partial charge on any atom is 0.0641 e. The summed E-state index contributed by atoms with van der Waals surface area (Å²) in [5, 5.41) is 12.5. The third kappa shape index (κ3) is 3.10. The fraction of sp³-hybridized carbons (Fsp3) is 0.533. The van der Waals surface area contributed by atoms with Gasteiger partial charge in [0.2, 0.25) is 0 Å². The van der Waals surface area contributed by atoms with Crippen LogP contribution in [0, 0.1) is 11.3 Å².